The van der Waals surface area contributed by atoms with Crippen LogP contribution in [0.1, 0.15) is 24.3 Å². The minimum absolute atomic E-state index is 0.0757. The molecule has 0 spiro atoms. The summed E-state index contributed by atoms with van der Waals surface area (Å²) in [4.78, 5) is 0. The second-order valence-electron chi connectivity index (χ2n) is 4.18. The first-order valence-electron chi connectivity index (χ1n) is 5.87. The van der Waals surface area contributed by atoms with Crippen LogP contribution in [0.2, 0.25) is 5.02 Å². The fraction of sp³-hybridized carbons (Fsp3) is 0.286. The molecule has 1 heterocycles. The van der Waals surface area contributed by atoms with Gasteiger partial charge in [-0.05, 0) is 36.8 Å². The van der Waals surface area contributed by atoms with Gasteiger partial charge in [0.05, 0.1) is 11.3 Å². The number of hydrogen-bond acceptors (Lipinski definition) is 2. The largest absolute Gasteiger partial charge is 0.469 e. The molecular formula is C14H15ClFNO. The Morgan fingerprint density at radius 2 is 2.22 bits per heavy atom. The first kappa shape index (κ1) is 13.1. The molecule has 1 aromatic carbocycles. The van der Waals surface area contributed by atoms with E-state index in [0.717, 1.165) is 24.3 Å². The van der Waals surface area contributed by atoms with Crippen molar-refractivity contribution in [1.29, 1.82) is 0 Å². The van der Waals surface area contributed by atoms with Gasteiger partial charge >= 0.3 is 0 Å². The predicted octanol–water partition coefficient (Wildman–Crippen LogP) is 3.97. The molecule has 1 aromatic heterocycles. The number of hydrogen-bond donors (Lipinski definition) is 1. The molecule has 0 saturated heterocycles. The van der Waals surface area contributed by atoms with E-state index in [4.69, 9.17) is 16.0 Å². The summed E-state index contributed by atoms with van der Waals surface area (Å²) in [6.07, 6.45) is 2.47. The lowest BCUT2D eigenvalue weighted by Gasteiger charge is -2.14. The summed E-state index contributed by atoms with van der Waals surface area (Å²) in [6.45, 7) is 2.77. The standard InChI is InChI=1S/C14H15ClFNO/c1-10(11-4-5-13(15)14(16)9-11)17-7-6-12-3-2-8-18-12/h2-5,8-10,17H,6-7H2,1H3. The van der Waals surface area contributed by atoms with E-state index in [9.17, 15) is 4.39 Å². The van der Waals surface area contributed by atoms with Crippen LogP contribution in [0.15, 0.2) is 41.0 Å². The van der Waals surface area contributed by atoms with Gasteiger partial charge < -0.3 is 9.73 Å². The van der Waals surface area contributed by atoms with Crippen molar-refractivity contribution in [3.63, 3.8) is 0 Å². The molecule has 0 saturated carbocycles. The van der Waals surface area contributed by atoms with Crippen molar-refractivity contribution in [3.8, 4) is 0 Å². The SMILES string of the molecule is CC(NCCc1ccco1)c1ccc(Cl)c(F)c1. The molecule has 0 bridgehead atoms. The van der Waals surface area contributed by atoms with Gasteiger partial charge in [-0.3, -0.25) is 0 Å². The number of halogens is 2. The zero-order chi connectivity index (χ0) is 13.0. The van der Waals surface area contributed by atoms with E-state index in [0.29, 0.717) is 0 Å². The van der Waals surface area contributed by atoms with E-state index in [-0.39, 0.29) is 16.9 Å². The van der Waals surface area contributed by atoms with E-state index < -0.39 is 0 Å². The third-order valence-corrected chi connectivity index (χ3v) is 3.15. The highest BCUT2D eigenvalue weighted by atomic mass is 35.5. The van der Waals surface area contributed by atoms with Crippen LogP contribution in [-0.2, 0) is 6.42 Å². The molecule has 0 radical (unpaired) electrons. The van der Waals surface area contributed by atoms with Crippen LogP contribution in [0.5, 0.6) is 0 Å². The van der Waals surface area contributed by atoms with Gasteiger partial charge in [-0.25, -0.2) is 4.39 Å². The average Bonchev–Trinajstić information content (AvgIpc) is 2.85. The van der Waals surface area contributed by atoms with Crippen molar-refractivity contribution in [1.82, 2.24) is 5.32 Å². The number of benzene rings is 1. The second-order valence-corrected chi connectivity index (χ2v) is 4.59. The Kier molecular flexibility index (Phi) is 4.39. The zero-order valence-corrected chi connectivity index (χ0v) is 10.9. The zero-order valence-electron chi connectivity index (χ0n) is 10.1. The molecule has 18 heavy (non-hydrogen) atoms. The van der Waals surface area contributed by atoms with Crippen LogP contribution in [-0.4, -0.2) is 6.54 Å². The Bertz CT molecular complexity index is 499. The van der Waals surface area contributed by atoms with Crippen molar-refractivity contribution < 1.29 is 8.81 Å². The van der Waals surface area contributed by atoms with E-state index >= 15 is 0 Å². The third kappa shape index (κ3) is 3.34. The monoisotopic (exact) mass is 267 g/mol. The molecule has 0 aliphatic carbocycles. The smallest absolute Gasteiger partial charge is 0.142 e. The van der Waals surface area contributed by atoms with Gasteiger partial charge in [-0.1, -0.05) is 17.7 Å². The Labute approximate surface area is 111 Å². The second kappa shape index (κ2) is 6.03. The van der Waals surface area contributed by atoms with Gasteiger partial charge in [0.15, 0.2) is 0 Å². The van der Waals surface area contributed by atoms with E-state index in [1.165, 1.54) is 6.07 Å². The van der Waals surface area contributed by atoms with Crippen molar-refractivity contribution in [3.05, 3.63) is 58.8 Å². The molecule has 2 aromatic rings. The number of nitrogens with one attached hydrogen (secondary N) is 1. The van der Waals surface area contributed by atoms with E-state index in [2.05, 4.69) is 5.32 Å². The Balaban J connectivity index is 1.87. The Morgan fingerprint density at radius 3 is 2.89 bits per heavy atom. The summed E-state index contributed by atoms with van der Waals surface area (Å²) in [5, 5.41) is 3.47. The Morgan fingerprint density at radius 1 is 1.39 bits per heavy atom. The first-order chi connectivity index (χ1) is 8.66. The van der Waals surface area contributed by atoms with Crippen LogP contribution in [0, 0.1) is 5.82 Å². The van der Waals surface area contributed by atoms with Crippen LogP contribution in [0.25, 0.3) is 0 Å². The number of furan rings is 1. The van der Waals surface area contributed by atoms with Crippen molar-refractivity contribution >= 4 is 11.6 Å². The van der Waals surface area contributed by atoms with Gasteiger partial charge in [-0.15, -0.1) is 0 Å². The summed E-state index contributed by atoms with van der Waals surface area (Å²) >= 11 is 5.65. The molecule has 2 nitrogen and oxygen atoms in total. The first-order valence-corrected chi connectivity index (χ1v) is 6.25. The Hall–Kier alpha value is -1.32. The van der Waals surface area contributed by atoms with Crippen LogP contribution < -0.4 is 5.32 Å². The topological polar surface area (TPSA) is 25.2 Å². The van der Waals surface area contributed by atoms with Crippen molar-refractivity contribution in [2.24, 2.45) is 0 Å². The van der Waals surface area contributed by atoms with Crippen LogP contribution in [0.4, 0.5) is 4.39 Å². The molecule has 96 valence electrons. The lowest BCUT2D eigenvalue weighted by Crippen LogP contribution is -2.21. The lowest BCUT2D eigenvalue weighted by atomic mass is 10.1. The van der Waals surface area contributed by atoms with Gasteiger partial charge in [0.1, 0.15) is 11.6 Å². The third-order valence-electron chi connectivity index (χ3n) is 2.85. The minimum atomic E-state index is -0.381. The highest BCUT2D eigenvalue weighted by Gasteiger charge is 2.08. The highest BCUT2D eigenvalue weighted by Crippen LogP contribution is 2.20. The molecule has 4 heteroatoms. The lowest BCUT2D eigenvalue weighted by molar-refractivity contribution is 0.485. The normalized spacial score (nSPS) is 12.6. The predicted molar refractivity (Wildman–Crippen MR) is 70.2 cm³/mol. The maximum atomic E-state index is 13.3. The quantitative estimate of drug-likeness (QED) is 0.887. The van der Waals surface area contributed by atoms with Gasteiger partial charge in [-0.2, -0.15) is 0 Å². The van der Waals surface area contributed by atoms with E-state index in [1.807, 2.05) is 25.1 Å². The molecule has 1 atom stereocenters. The summed E-state index contributed by atoms with van der Waals surface area (Å²) in [6, 6.07) is 8.76. The van der Waals surface area contributed by atoms with Crippen LogP contribution >= 0.6 is 11.6 Å². The minimum Gasteiger partial charge on any atom is -0.469 e. The summed E-state index contributed by atoms with van der Waals surface area (Å²) in [5.41, 5.74) is 0.886. The molecular weight excluding hydrogens is 253 g/mol. The van der Waals surface area contributed by atoms with Gasteiger partial charge in [0, 0.05) is 19.0 Å². The van der Waals surface area contributed by atoms with Gasteiger partial charge in [0.2, 0.25) is 0 Å². The molecule has 1 unspecified atom stereocenters. The maximum Gasteiger partial charge on any atom is 0.142 e. The molecule has 0 amide bonds. The van der Waals surface area contributed by atoms with E-state index in [1.54, 1.807) is 12.3 Å². The molecule has 1 N–H and O–H groups in total. The van der Waals surface area contributed by atoms with Crippen molar-refractivity contribution in [2.75, 3.05) is 6.54 Å². The summed E-state index contributed by atoms with van der Waals surface area (Å²) in [7, 11) is 0. The van der Waals surface area contributed by atoms with Crippen molar-refractivity contribution in [2.45, 2.75) is 19.4 Å². The molecule has 0 fully saturated rings. The summed E-state index contributed by atoms with van der Waals surface area (Å²) < 4.78 is 18.5. The molecule has 0 aliphatic heterocycles. The molecule has 0 aliphatic rings. The highest BCUT2D eigenvalue weighted by molar-refractivity contribution is 6.30. The fourth-order valence-electron chi connectivity index (χ4n) is 1.77. The summed E-state index contributed by atoms with van der Waals surface area (Å²) in [5.74, 6) is 0.561. The fourth-order valence-corrected chi connectivity index (χ4v) is 1.88. The van der Waals surface area contributed by atoms with Crippen LogP contribution in [0.3, 0.4) is 0 Å². The average molecular weight is 268 g/mol. The molecule has 2 rings (SSSR count). The van der Waals surface area contributed by atoms with Gasteiger partial charge in [0.25, 0.3) is 0 Å². The maximum absolute atomic E-state index is 13.3. The number of rotatable bonds is 5.